The number of hydrogen-bond donors (Lipinski definition) is 1. The van der Waals surface area contributed by atoms with Crippen LogP contribution >= 0.6 is 11.6 Å². The molecule has 1 N–H and O–H groups in total. The fraction of sp³-hybridized carbons (Fsp3) is 0.0833. The quantitative estimate of drug-likeness (QED) is 0.388. The predicted molar refractivity (Wildman–Crippen MR) is 123 cm³/mol. The van der Waals surface area contributed by atoms with Crippen LogP contribution in [-0.2, 0) is 13.0 Å². The molecule has 32 heavy (non-hydrogen) atoms. The highest BCUT2D eigenvalue weighted by atomic mass is 35.5. The number of imidazole rings is 1. The van der Waals surface area contributed by atoms with Crippen LogP contribution < -0.4 is 5.32 Å². The molecule has 0 saturated heterocycles. The highest BCUT2D eigenvalue weighted by Gasteiger charge is 2.19. The number of fused-ring (bicyclic) bond motifs is 1. The highest BCUT2D eigenvalue weighted by molar-refractivity contribution is 6.33. The fourth-order valence-electron chi connectivity index (χ4n) is 3.51. The molecule has 7 nitrogen and oxygen atoms in total. The fourth-order valence-corrected chi connectivity index (χ4v) is 3.73. The molecule has 0 aliphatic carbocycles. The summed E-state index contributed by atoms with van der Waals surface area (Å²) in [5.41, 5.74) is 3.49. The molecule has 0 saturated carbocycles. The van der Waals surface area contributed by atoms with Gasteiger partial charge >= 0.3 is 0 Å². The maximum Gasteiger partial charge on any atom is 0.280 e. The van der Waals surface area contributed by atoms with Crippen molar-refractivity contribution in [2.45, 2.75) is 13.0 Å². The second kappa shape index (κ2) is 8.64. The Balaban J connectivity index is 1.41. The van der Waals surface area contributed by atoms with Crippen LogP contribution in [-0.4, -0.2) is 25.6 Å². The Morgan fingerprint density at radius 3 is 2.69 bits per heavy atom. The molecule has 0 radical (unpaired) electrons. The van der Waals surface area contributed by atoms with Crippen LogP contribution in [0.15, 0.2) is 83.5 Å². The van der Waals surface area contributed by atoms with Crippen LogP contribution in [0.2, 0.25) is 5.02 Å². The van der Waals surface area contributed by atoms with Crippen molar-refractivity contribution in [1.29, 1.82) is 0 Å². The van der Waals surface area contributed by atoms with E-state index >= 15 is 0 Å². The van der Waals surface area contributed by atoms with Crippen molar-refractivity contribution in [2.24, 2.45) is 0 Å². The van der Waals surface area contributed by atoms with Crippen LogP contribution in [0, 0.1) is 0 Å². The van der Waals surface area contributed by atoms with Gasteiger partial charge in [-0.05, 0) is 36.4 Å². The van der Waals surface area contributed by atoms with Crippen molar-refractivity contribution in [3.8, 4) is 11.3 Å². The molecule has 158 valence electrons. The maximum absolute atomic E-state index is 12.9. The first-order chi connectivity index (χ1) is 15.7. The van der Waals surface area contributed by atoms with Gasteiger partial charge in [0.05, 0.1) is 16.1 Å². The Kier molecular flexibility index (Phi) is 5.39. The standard InChI is InChI=1S/C24H18ClN5O2/c25-18-9-2-1-8-17(18)22-15-20(29-32-22)23(31)28-24-27-19-10-3-4-11-21(19)30(24)14-12-16-7-5-6-13-26-16/h1-11,13,15H,12,14H2,(H,27,28,31). The van der Waals surface area contributed by atoms with Gasteiger partial charge < -0.3 is 9.09 Å². The van der Waals surface area contributed by atoms with E-state index in [-0.39, 0.29) is 5.69 Å². The minimum Gasteiger partial charge on any atom is -0.355 e. The summed E-state index contributed by atoms with van der Waals surface area (Å²) in [6.07, 6.45) is 2.47. The lowest BCUT2D eigenvalue weighted by atomic mass is 10.1. The lowest BCUT2D eigenvalue weighted by Gasteiger charge is -2.09. The van der Waals surface area contributed by atoms with Crippen LogP contribution in [0.5, 0.6) is 0 Å². The summed E-state index contributed by atoms with van der Waals surface area (Å²) in [6.45, 7) is 0.608. The molecule has 3 aromatic heterocycles. The molecule has 0 bridgehead atoms. The van der Waals surface area contributed by atoms with Gasteiger partial charge in [-0.3, -0.25) is 15.1 Å². The zero-order valence-electron chi connectivity index (χ0n) is 16.9. The van der Waals surface area contributed by atoms with E-state index in [1.165, 1.54) is 0 Å². The van der Waals surface area contributed by atoms with E-state index in [4.69, 9.17) is 16.1 Å². The summed E-state index contributed by atoms with van der Waals surface area (Å²) < 4.78 is 7.32. The molecule has 0 aliphatic rings. The van der Waals surface area contributed by atoms with Gasteiger partial charge in [0, 0.05) is 36.5 Å². The molecule has 5 rings (SSSR count). The molecule has 0 unspecified atom stereocenters. The predicted octanol–water partition coefficient (Wildman–Crippen LogP) is 5.23. The molecule has 0 spiro atoms. The second-order valence-electron chi connectivity index (χ2n) is 7.16. The number of aromatic nitrogens is 4. The second-order valence-corrected chi connectivity index (χ2v) is 7.56. The zero-order chi connectivity index (χ0) is 21.9. The van der Waals surface area contributed by atoms with Crippen molar-refractivity contribution in [3.63, 3.8) is 0 Å². The van der Waals surface area contributed by atoms with E-state index in [2.05, 4.69) is 20.4 Å². The van der Waals surface area contributed by atoms with Crippen molar-refractivity contribution >= 4 is 34.5 Å². The van der Waals surface area contributed by atoms with Crippen molar-refractivity contribution < 1.29 is 9.32 Å². The average molecular weight is 444 g/mol. The number of nitrogens with zero attached hydrogens (tertiary/aromatic N) is 4. The van der Waals surface area contributed by atoms with Gasteiger partial charge in [-0.2, -0.15) is 0 Å². The number of para-hydroxylation sites is 2. The number of rotatable bonds is 6. The number of amides is 1. The van der Waals surface area contributed by atoms with Gasteiger partial charge in [-0.15, -0.1) is 0 Å². The first-order valence-corrected chi connectivity index (χ1v) is 10.4. The lowest BCUT2D eigenvalue weighted by molar-refractivity contribution is 0.101. The van der Waals surface area contributed by atoms with E-state index in [0.717, 1.165) is 16.7 Å². The van der Waals surface area contributed by atoms with E-state index in [1.807, 2.05) is 65.2 Å². The average Bonchev–Trinajstić information content (AvgIpc) is 3.44. The third-order valence-electron chi connectivity index (χ3n) is 5.08. The Morgan fingerprint density at radius 2 is 1.84 bits per heavy atom. The number of aryl methyl sites for hydroxylation is 2. The number of anilines is 1. The number of carbonyl (C=O) groups excluding carboxylic acids is 1. The van der Waals surface area contributed by atoms with Gasteiger partial charge in [-0.25, -0.2) is 4.98 Å². The molecule has 3 heterocycles. The first-order valence-electron chi connectivity index (χ1n) is 10.1. The van der Waals surface area contributed by atoms with Gasteiger partial charge in [0.2, 0.25) is 5.95 Å². The largest absolute Gasteiger partial charge is 0.355 e. The SMILES string of the molecule is O=C(Nc1nc2ccccc2n1CCc1ccccn1)c1cc(-c2ccccc2Cl)on1. The van der Waals surface area contributed by atoms with Crippen LogP contribution in [0.3, 0.4) is 0 Å². The molecule has 8 heteroatoms. The van der Waals surface area contributed by atoms with E-state index in [1.54, 1.807) is 18.3 Å². The normalized spacial score (nSPS) is 11.0. The van der Waals surface area contributed by atoms with Gasteiger partial charge in [-0.1, -0.05) is 47.1 Å². The Bertz CT molecular complexity index is 1390. The van der Waals surface area contributed by atoms with Gasteiger partial charge in [0.1, 0.15) is 0 Å². The first kappa shape index (κ1) is 20.0. The smallest absolute Gasteiger partial charge is 0.280 e. The third kappa shape index (κ3) is 3.98. The van der Waals surface area contributed by atoms with E-state index < -0.39 is 5.91 Å². The Morgan fingerprint density at radius 1 is 1.03 bits per heavy atom. The molecule has 0 aliphatic heterocycles. The highest BCUT2D eigenvalue weighted by Crippen LogP contribution is 2.28. The monoisotopic (exact) mass is 443 g/mol. The summed E-state index contributed by atoms with van der Waals surface area (Å²) in [5.74, 6) is 0.445. The lowest BCUT2D eigenvalue weighted by Crippen LogP contribution is -2.17. The number of hydrogen-bond acceptors (Lipinski definition) is 5. The van der Waals surface area contributed by atoms with Crippen LogP contribution in [0.4, 0.5) is 5.95 Å². The molecule has 1 amide bonds. The summed E-state index contributed by atoms with van der Waals surface area (Å²) in [5, 5.41) is 7.30. The summed E-state index contributed by atoms with van der Waals surface area (Å²) >= 11 is 6.22. The number of pyridine rings is 1. The maximum atomic E-state index is 12.9. The van der Waals surface area contributed by atoms with E-state index in [0.29, 0.717) is 35.3 Å². The molecule has 0 fully saturated rings. The van der Waals surface area contributed by atoms with Gasteiger partial charge in [0.15, 0.2) is 11.5 Å². The minimum absolute atomic E-state index is 0.142. The van der Waals surface area contributed by atoms with Gasteiger partial charge in [0.25, 0.3) is 5.91 Å². The van der Waals surface area contributed by atoms with E-state index in [9.17, 15) is 4.79 Å². The van der Waals surface area contributed by atoms with Crippen molar-refractivity contribution in [1.82, 2.24) is 19.7 Å². The Hall–Kier alpha value is -3.97. The topological polar surface area (TPSA) is 85.8 Å². The summed E-state index contributed by atoms with van der Waals surface area (Å²) in [4.78, 5) is 21.9. The van der Waals surface area contributed by atoms with Crippen molar-refractivity contribution in [2.75, 3.05) is 5.32 Å². The Labute approximate surface area is 188 Å². The molecule has 5 aromatic rings. The summed E-state index contributed by atoms with van der Waals surface area (Å²) in [6, 6.07) is 22.4. The van der Waals surface area contributed by atoms with Crippen molar-refractivity contribution in [3.05, 3.63) is 95.4 Å². The number of benzene rings is 2. The minimum atomic E-state index is -0.415. The number of carbonyl (C=O) groups is 1. The summed E-state index contributed by atoms with van der Waals surface area (Å²) in [7, 11) is 0. The molecular weight excluding hydrogens is 426 g/mol. The molecule has 2 aromatic carbocycles. The molecule has 0 atom stereocenters. The zero-order valence-corrected chi connectivity index (χ0v) is 17.7. The van der Waals surface area contributed by atoms with Crippen LogP contribution in [0.1, 0.15) is 16.2 Å². The number of nitrogens with one attached hydrogen (secondary N) is 1. The number of halogens is 1. The molecular formula is C24H18ClN5O2. The third-order valence-corrected chi connectivity index (χ3v) is 5.41. The van der Waals surface area contributed by atoms with Crippen LogP contribution in [0.25, 0.3) is 22.4 Å².